The van der Waals surface area contributed by atoms with Crippen LogP contribution in [0.5, 0.6) is 5.75 Å². The van der Waals surface area contributed by atoms with Crippen LogP contribution < -0.4 is 10.1 Å². The summed E-state index contributed by atoms with van der Waals surface area (Å²) in [6, 6.07) is 6.48. The van der Waals surface area contributed by atoms with E-state index < -0.39 is 6.61 Å². The summed E-state index contributed by atoms with van der Waals surface area (Å²) in [4.78, 5) is 18.5. The van der Waals surface area contributed by atoms with Crippen LogP contribution in [0.25, 0.3) is 0 Å². The van der Waals surface area contributed by atoms with Crippen LogP contribution in [-0.2, 0) is 16.1 Å². The first-order valence-electron chi connectivity index (χ1n) is 8.59. The van der Waals surface area contributed by atoms with E-state index in [1.165, 1.54) is 13.2 Å². The van der Waals surface area contributed by atoms with Gasteiger partial charge in [0.1, 0.15) is 5.75 Å². The van der Waals surface area contributed by atoms with Crippen LogP contribution in [0.3, 0.4) is 0 Å². The van der Waals surface area contributed by atoms with E-state index >= 15 is 0 Å². The highest BCUT2D eigenvalue weighted by Gasteiger charge is 2.36. The highest BCUT2D eigenvalue weighted by atomic mass is 127. The average molecular weight is 497 g/mol. The second kappa shape index (κ2) is 11.3. The molecule has 27 heavy (non-hydrogen) atoms. The molecule has 0 amide bonds. The van der Waals surface area contributed by atoms with Crippen LogP contribution in [0.4, 0.5) is 8.78 Å². The molecule has 0 bridgehead atoms. The Kier molecular flexibility index (Phi) is 9.75. The molecule has 1 aromatic carbocycles. The van der Waals surface area contributed by atoms with Crippen LogP contribution >= 0.6 is 24.0 Å². The molecule has 1 N–H and O–H groups in total. The second-order valence-electron chi connectivity index (χ2n) is 6.21. The molecule has 1 aliphatic rings. The van der Waals surface area contributed by atoms with E-state index in [0.29, 0.717) is 32.1 Å². The first kappa shape index (κ1) is 23.4. The van der Waals surface area contributed by atoms with Crippen LogP contribution in [0.2, 0.25) is 0 Å². The lowest BCUT2D eigenvalue weighted by molar-refractivity contribution is -0.146. The van der Waals surface area contributed by atoms with Gasteiger partial charge >= 0.3 is 12.6 Å². The van der Waals surface area contributed by atoms with Crippen LogP contribution in [0.15, 0.2) is 29.3 Å². The summed E-state index contributed by atoms with van der Waals surface area (Å²) in [6.07, 6.45) is 0. The minimum absolute atomic E-state index is 0. The number of nitrogens with zero attached hydrogens (tertiary/aromatic N) is 2. The van der Waals surface area contributed by atoms with Crippen LogP contribution in [0, 0.1) is 11.8 Å². The average Bonchev–Trinajstić information content (AvgIpc) is 2.99. The molecule has 0 saturated carbocycles. The smallest absolute Gasteiger partial charge is 0.387 e. The number of hydrogen-bond donors (Lipinski definition) is 1. The summed E-state index contributed by atoms with van der Waals surface area (Å²) in [5.41, 5.74) is 0.760. The zero-order valence-corrected chi connectivity index (χ0v) is 18.0. The van der Waals surface area contributed by atoms with E-state index in [4.69, 9.17) is 4.74 Å². The lowest BCUT2D eigenvalue weighted by Crippen LogP contribution is -2.40. The summed E-state index contributed by atoms with van der Waals surface area (Å²) in [5, 5.41) is 3.21. The van der Waals surface area contributed by atoms with Gasteiger partial charge in [-0.05, 0) is 30.5 Å². The maximum absolute atomic E-state index is 12.3. The third kappa shape index (κ3) is 6.78. The third-order valence-corrected chi connectivity index (χ3v) is 4.29. The molecule has 2 atom stereocenters. The third-order valence-electron chi connectivity index (χ3n) is 4.29. The van der Waals surface area contributed by atoms with Crippen LogP contribution in [0.1, 0.15) is 19.4 Å². The maximum atomic E-state index is 12.3. The molecule has 1 aromatic rings. The number of likely N-dealkylation sites (tertiary alicyclic amines) is 1. The van der Waals surface area contributed by atoms with Gasteiger partial charge in [-0.1, -0.05) is 19.1 Å². The lowest BCUT2D eigenvalue weighted by Gasteiger charge is -2.21. The SMILES string of the molecule is CCNC(=NCc1cccc(OC(F)F)c1)N1CC(C)C(C(=O)OC)C1.I. The van der Waals surface area contributed by atoms with Gasteiger partial charge in [0.2, 0.25) is 0 Å². The quantitative estimate of drug-likeness (QED) is 0.283. The van der Waals surface area contributed by atoms with Gasteiger partial charge in [0.25, 0.3) is 0 Å². The van der Waals surface area contributed by atoms with E-state index in [-0.39, 0.29) is 47.5 Å². The minimum atomic E-state index is -2.85. The first-order valence-corrected chi connectivity index (χ1v) is 8.59. The highest BCUT2D eigenvalue weighted by molar-refractivity contribution is 14.0. The second-order valence-corrected chi connectivity index (χ2v) is 6.21. The molecule has 0 spiro atoms. The topological polar surface area (TPSA) is 63.2 Å². The zero-order valence-electron chi connectivity index (χ0n) is 15.7. The van der Waals surface area contributed by atoms with Gasteiger partial charge in [0.05, 0.1) is 19.6 Å². The lowest BCUT2D eigenvalue weighted by atomic mass is 9.99. The molecule has 6 nitrogen and oxygen atoms in total. The molecule has 1 saturated heterocycles. The van der Waals surface area contributed by atoms with E-state index in [2.05, 4.69) is 15.0 Å². The Labute approximate surface area is 175 Å². The molecule has 2 rings (SSSR count). The zero-order chi connectivity index (χ0) is 19.1. The Morgan fingerprint density at radius 3 is 2.78 bits per heavy atom. The largest absolute Gasteiger partial charge is 0.469 e. The van der Waals surface area contributed by atoms with Crippen molar-refractivity contribution in [2.45, 2.75) is 27.0 Å². The number of carbonyl (C=O) groups is 1. The number of nitrogens with one attached hydrogen (secondary N) is 1. The predicted molar refractivity (Wildman–Crippen MR) is 110 cm³/mol. The normalized spacial score (nSPS) is 19.6. The van der Waals surface area contributed by atoms with Gasteiger partial charge in [0, 0.05) is 19.6 Å². The van der Waals surface area contributed by atoms with Gasteiger partial charge in [-0.2, -0.15) is 8.78 Å². The van der Waals surface area contributed by atoms with Crippen LogP contribution in [-0.4, -0.2) is 50.2 Å². The van der Waals surface area contributed by atoms with E-state index in [1.54, 1.807) is 18.2 Å². The number of carbonyl (C=O) groups excluding carboxylic acids is 1. The molecule has 0 aliphatic carbocycles. The minimum Gasteiger partial charge on any atom is -0.469 e. The fourth-order valence-electron chi connectivity index (χ4n) is 3.01. The number of ether oxygens (including phenoxy) is 2. The summed E-state index contributed by atoms with van der Waals surface area (Å²) in [7, 11) is 1.39. The molecule has 0 radical (unpaired) electrons. The van der Waals surface area contributed by atoms with Crippen molar-refractivity contribution in [2.24, 2.45) is 16.8 Å². The van der Waals surface area contributed by atoms with Gasteiger partial charge in [-0.25, -0.2) is 4.99 Å². The van der Waals surface area contributed by atoms with Crippen molar-refractivity contribution in [3.05, 3.63) is 29.8 Å². The predicted octanol–water partition coefficient (Wildman–Crippen LogP) is 3.11. The van der Waals surface area contributed by atoms with Gasteiger partial charge in [0.15, 0.2) is 5.96 Å². The Bertz CT molecular complexity index is 646. The van der Waals surface area contributed by atoms with Crippen molar-refractivity contribution in [1.29, 1.82) is 0 Å². The summed E-state index contributed by atoms with van der Waals surface area (Å²) >= 11 is 0. The Hall–Kier alpha value is -1.65. The number of esters is 1. The fraction of sp³-hybridized carbons (Fsp3) is 0.556. The first-order chi connectivity index (χ1) is 12.4. The monoisotopic (exact) mass is 497 g/mol. The van der Waals surface area contributed by atoms with Crippen molar-refractivity contribution < 1.29 is 23.0 Å². The maximum Gasteiger partial charge on any atom is 0.387 e. The molecule has 1 aliphatic heterocycles. The number of aliphatic imine (C=N–C) groups is 1. The highest BCUT2D eigenvalue weighted by Crippen LogP contribution is 2.24. The number of alkyl halides is 2. The molecule has 2 unspecified atom stereocenters. The van der Waals surface area contributed by atoms with Crippen molar-refractivity contribution in [1.82, 2.24) is 10.2 Å². The van der Waals surface area contributed by atoms with Crippen molar-refractivity contribution in [3.8, 4) is 5.75 Å². The summed E-state index contributed by atoms with van der Waals surface area (Å²) in [5.74, 6) is 0.553. The number of hydrogen-bond acceptors (Lipinski definition) is 4. The van der Waals surface area contributed by atoms with E-state index in [1.807, 2.05) is 18.7 Å². The Balaban J connectivity index is 0.00000364. The number of benzene rings is 1. The van der Waals surface area contributed by atoms with Gasteiger partial charge in [-0.3, -0.25) is 4.79 Å². The molecule has 152 valence electrons. The molecule has 9 heteroatoms. The van der Waals surface area contributed by atoms with Crippen molar-refractivity contribution >= 4 is 35.9 Å². The van der Waals surface area contributed by atoms with Gasteiger partial charge in [-0.15, -0.1) is 24.0 Å². The summed E-state index contributed by atoms with van der Waals surface area (Å²) in [6.45, 7) is 3.35. The number of methoxy groups -OCH3 is 1. The molecular weight excluding hydrogens is 471 g/mol. The Morgan fingerprint density at radius 1 is 1.41 bits per heavy atom. The molecule has 1 heterocycles. The molecule has 1 fully saturated rings. The van der Waals surface area contributed by atoms with E-state index in [0.717, 1.165) is 5.56 Å². The molecule has 0 aromatic heterocycles. The Morgan fingerprint density at radius 2 is 2.15 bits per heavy atom. The summed E-state index contributed by atoms with van der Waals surface area (Å²) < 4.78 is 34.0. The van der Waals surface area contributed by atoms with Crippen molar-refractivity contribution in [3.63, 3.8) is 0 Å². The van der Waals surface area contributed by atoms with E-state index in [9.17, 15) is 13.6 Å². The fourth-order valence-corrected chi connectivity index (χ4v) is 3.01. The van der Waals surface area contributed by atoms with Gasteiger partial charge < -0.3 is 19.7 Å². The number of rotatable bonds is 6. The standard InChI is InChI=1S/C18H25F2N3O3.HI/c1-4-21-18(23-10-12(2)15(11-23)16(24)25-3)22-9-13-6-5-7-14(8-13)26-17(19)20;/h5-8,12,15,17H,4,9-11H2,1-3H3,(H,21,22);1H. The van der Waals surface area contributed by atoms with Crippen molar-refractivity contribution in [2.75, 3.05) is 26.7 Å². The number of halogens is 3. The number of guanidine groups is 1. The molecular formula is C18H26F2IN3O3.